The van der Waals surface area contributed by atoms with E-state index >= 15 is 0 Å². The van der Waals surface area contributed by atoms with Crippen molar-refractivity contribution in [2.45, 2.75) is 38.9 Å². The Morgan fingerprint density at radius 1 is 0.356 bits per heavy atom. The fraction of sp³-hybridized carbons (Fsp3) is 0.154. The van der Waals surface area contributed by atoms with E-state index < -0.39 is 0 Å². The maximum atomic E-state index is 4.87. The summed E-state index contributed by atoms with van der Waals surface area (Å²) in [6.07, 6.45) is 0. The summed E-state index contributed by atoms with van der Waals surface area (Å²) in [7, 11) is 0. The Hall–Kier alpha value is -5.49. The standard InChI is InChI=1S/C39H36N6/c1-25(31-22-10-16-28-13-4-7-19-34(28)31)40-37-43-38(41-26(2)32-23-11-17-29-14-5-8-20-35(29)32)45-39(44-37)42-27(3)33-24-12-18-30-15-6-9-21-36(30)33/h4-27H,1-3H3,(H3,40,41,42,43,44,45)/t25-,26-,27-/m1/s1. The Kier molecular flexibility index (Phi) is 7.70. The van der Waals surface area contributed by atoms with Gasteiger partial charge < -0.3 is 16.0 Å². The van der Waals surface area contributed by atoms with Crippen LogP contribution in [0.5, 0.6) is 0 Å². The normalized spacial score (nSPS) is 13.4. The van der Waals surface area contributed by atoms with Gasteiger partial charge in [0.25, 0.3) is 0 Å². The minimum atomic E-state index is -0.0369. The van der Waals surface area contributed by atoms with E-state index in [-0.39, 0.29) is 18.1 Å². The van der Waals surface area contributed by atoms with Crippen molar-refractivity contribution in [2.24, 2.45) is 0 Å². The van der Waals surface area contributed by atoms with Crippen LogP contribution in [0.25, 0.3) is 32.3 Å². The molecular formula is C39H36N6. The molecule has 3 atom stereocenters. The van der Waals surface area contributed by atoms with Gasteiger partial charge >= 0.3 is 0 Å². The number of nitrogens with one attached hydrogen (secondary N) is 3. The molecule has 6 heteroatoms. The summed E-state index contributed by atoms with van der Waals surface area (Å²) in [6, 6.07) is 44.4. The second kappa shape index (κ2) is 12.2. The number of fused-ring (bicyclic) bond motifs is 3. The first kappa shape index (κ1) is 28.3. The summed E-state index contributed by atoms with van der Waals surface area (Å²) in [5, 5.41) is 18.0. The van der Waals surface area contributed by atoms with Crippen molar-refractivity contribution < 1.29 is 0 Å². The monoisotopic (exact) mass is 588 g/mol. The molecule has 3 N–H and O–H groups in total. The maximum absolute atomic E-state index is 4.87. The van der Waals surface area contributed by atoms with Crippen LogP contribution in [0, 0.1) is 0 Å². The summed E-state index contributed by atoms with van der Waals surface area (Å²) in [6.45, 7) is 6.43. The van der Waals surface area contributed by atoms with Crippen molar-refractivity contribution in [3.8, 4) is 0 Å². The molecule has 0 spiro atoms. The van der Waals surface area contributed by atoms with E-state index in [1.165, 1.54) is 49.0 Å². The quantitative estimate of drug-likeness (QED) is 0.156. The third kappa shape index (κ3) is 5.87. The van der Waals surface area contributed by atoms with Crippen molar-refractivity contribution >= 4 is 50.2 Å². The summed E-state index contributed by atoms with van der Waals surface area (Å²) in [5.41, 5.74) is 3.56. The van der Waals surface area contributed by atoms with Crippen LogP contribution in [0.1, 0.15) is 55.6 Å². The van der Waals surface area contributed by atoms with Gasteiger partial charge in [0, 0.05) is 0 Å². The number of benzene rings is 6. The minimum Gasteiger partial charge on any atom is -0.347 e. The van der Waals surface area contributed by atoms with Crippen LogP contribution in [0.4, 0.5) is 17.8 Å². The topological polar surface area (TPSA) is 74.8 Å². The van der Waals surface area contributed by atoms with E-state index in [2.05, 4.69) is 164 Å². The first-order valence-electron chi connectivity index (χ1n) is 15.5. The molecule has 6 aromatic carbocycles. The molecule has 1 aromatic heterocycles. The van der Waals surface area contributed by atoms with Gasteiger partial charge in [0.2, 0.25) is 17.8 Å². The van der Waals surface area contributed by atoms with Crippen molar-refractivity contribution in [2.75, 3.05) is 16.0 Å². The van der Waals surface area contributed by atoms with E-state index in [1.807, 2.05) is 0 Å². The van der Waals surface area contributed by atoms with Gasteiger partial charge in [0.05, 0.1) is 18.1 Å². The van der Waals surface area contributed by atoms with E-state index in [0.29, 0.717) is 17.8 Å². The number of anilines is 3. The summed E-state index contributed by atoms with van der Waals surface area (Å²) in [4.78, 5) is 14.6. The highest BCUT2D eigenvalue weighted by atomic mass is 15.3. The van der Waals surface area contributed by atoms with Crippen LogP contribution >= 0.6 is 0 Å². The van der Waals surface area contributed by atoms with Crippen molar-refractivity contribution in [3.05, 3.63) is 144 Å². The lowest BCUT2D eigenvalue weighted by atomic mass is 10.00. The molecule has 0 amide bonds. The van der Waals surface area contributed by atoms with Gasteiger partial charge in [-0.3, -0.25) is 0 Å². The first-order chi connectivity index (χ1) is 22.0. The SMILES string of the molecule is C[C@@H](Nc1nc(N[C@H](C)c2cccc3ccccc23)nc(N[C@H](C)c2cccc3ccccc23)n1)c1cccc2ccccc12. The predicted molar refractivity (Wildman–Crippen MR) is 188 cm³/mol. The van der Waals surface area contributed by atoms with E-state index in [0.717, 1.165) is 0 Å². The second-order valence-corrected chi connectivity index (χ2v) is 11.6. The van der Waals surface area contributed by atoms with E-state index in [4.69, 9.17) is 15.0 Å². The van der Waals surface area contributed by atoms with Crippen molar-refractivity contribution in [1.29, 1.82) is 0 Å². The van der Waals surface area contributed by atoms with Crippen LogP contribution < -0.4 is 16.0 Å². The van der Waals surface area contributed by atoms with Gasteiger partial charge in [-0.2, -0.15) is 15.0 Å². The molecule has 7 rings (SSSR count). The average molecular weight is 589 g/mol. The number of hydrogen-bond donors (Lipinski definition) is 3. The Labute approximate surface area is 263 Å². The molecule has 1 heterocycles. The largest absolute Gasteiger partial charge is 0.347 e. The number of hydrogen-bond acceptors (Lipinski definition) is 6. The van der Waals surface area contributed by atoms with Gasteiger partial charge in [-0.15, -0.1) is 0 Å². The highest BCUT2D eigenvalue weighted by molar-refractivity contribution is 5.88. The first-order valence-corrected chi connectivity index (χ1v) is 15.5. The van der Waals surface area contributed by atoms with Crippen LogP contribution in [-0.4, -0.2) is 15.0 Å². The van der Waals surface area contributed by atoms with Gasteiger partial charge in [-0.25, -0.2) is 0 Å². The highest BCUT2D eigenvalue weighted by Gasteiger charge is 2.18. The number of rotatable bonds is 9. The van der Waals surface area contributed by atoms with E-state index in [9.17, 15) is 0 Å². The van der Waals surface area contributed by atoms with Gasteiger partial charge in [0.1, 0.15) is 0 Å². The highest BCUT2D eigenvalue weighted by Crippen LogP contribution is 2.30. The molecule has 0 saturated heterocycles. The molecule has 0 bridgehead atoms. The molecule has 0 unspecified atom stereocenters. The predicted octanol–water partition coefficient (Wildman–Crippen LogP) is 9.85. The second-order valence-electron chi connectivity index (χ2n) is 11.6. The zero-order chi connectivity index (χ0) is 30.8. The third-order valence-electron chi connectivity index (χ3n) is 8.54. The molecule has 0 saturated carbocycles. The molecule has 6 nitrogen and oxygen atoms in total. The number of aromatic nitrogens is 3. The van der Waals surface area contributed by atoms with Gasteiger partial charge in [0.15, 0.2) is 0 Å². The van der Waals surface area contributed by atoms with Crippen LogP contribution in [-0.2, 0) is 0 Å². The zero-order valence-electron chi connectivity index (χ0n) is 25.7. The molecule has 0 aliphatic carbocycles. The van der Waals surface area contributed by atoms with Gasteiger partial charge in [-0.1, -0.05) is 127 Å². The van der Waals surface area contributed by atoms with Crippen LogP contribution in [0.15, 0.2) is 127 Å². The summed E-state index contributed by atoms with van der Waals surface area (Å²) < 4.78 is 0. The molecule has 0 fully saturated rings. The molecule has 45 heavy (non-hydrogen) atoms. The lowest BCUT2D eigenvalue weighted by Crippen LogP contribution is -2.17. The van der Waals surface area contributed by atoms with Crippen molar-refractivity contribution in [1.82, 2.24) is 15.0 Å². The Bertz CT molecular complexity index is 1850. The molecular weight excluding hydrogens is 552 g/mol. The molecule has 0 aliphatic rings. The van der Waals surface area contributed by atoms with Crippen molar-refractivity contribution in [3.63, 3.8) is 0 Å². The molecule has 7 aromatic rings. The Morgan fingerprint density at radius 2 is 0.622 bits per heavy atom. The van der Waals surface area contributed by atoms with Crippen LogP contribution in [0.2, 0.25) is 0 Å². The smallest absolute Gasteiger partial charge is 0.229 e. The lowest BCUT2D eigenvalue weighted by Gasteiger charge is -2.21. The lowest BCUT2D eigenvalue weighted by molar-refractivity contribution is 0.822. The Balaban J connectivity index is 1.23. The molecule has 0 aliphatic heterocycles. The number of nitrogens with zero attached hydrogens (tertiary/aromatic N) is 3. The zero-order valence-corrected chi connectivity index (χ0v) is 25.7. The third-order valence-corrected chi connectivity index (χ3v) is 8.54. The summed E-state index contributed by atoms with van der Waals surface area (Å²) >= 11 is 0. The van der Waals surface area contributed by atoms with Crippen LogP contribution in [0.3, 0.4) is 0 Å². The molecule has 222 valence electrons. The Morgan fingerprint density at radius 3 is 0.933 bits per heavy atom. The fourth-order valence-corrected chi connectivity index (χ4v) is 6.27. The maximum Gasteiger partial charge on any atom is 0.229 e. The van der Waals surface area contributed by atoms with Gasteiger partial charge in [-0.05, 0) is 69.8 Å². The summed E-state index contributed by atoms with van der Waals surface area (Å²) in [5.74, 6) is 1.52. The van der Waals surface area contributed by atoms with E-state index in [1.54, 1.807) is 0 Å². The average Bonchev–Trinajstić information content (AvgIpc) is 3.07. The minimum absolute atomic E-state index is 0.0369. The fourth-order valence-electron chi connectivity index (χ4n) is 6.27. The molecule has 0 radical (unpaired) electrons.